The van der Waals surface area contributed by atoms with Gasteiger partial charge in [0.05, 0.1) is 23.2 Å². The third-order valence-electron chi connectivity index (χ3n) is 2.24. The smallest absolute Gasteiger partial charge is 0.261 e. The summed E-state index contributed by atoms with van der Waals surface area (Å²) in [6.07, 6.45) is 1.51. The molecule has 0 aliphatic rings. The van der Waals surface area contributed by atoms with Crippen LogP contribution in [0.5, 0.6) is 5.75 Å². The molecule has 102 valence electrons. The number of phenols is 1. The number of nitrogens with zero attached hydrogens (tertiary/aromatic N) is 1. The summed E-state index contributed by atoms with van der Waals surface area (Å²) in [7, 11) is 0. The highest BCUT2D eigenvalue weighted by Gasteiger charge is 2.13. The van der Waals surface area contributed by atoms with Gasteiger partial charge in [0.15, 0.2) is 5.13 Å². The van der Waals surface area contributed by atoms with E-state index in [4.69, 9.17) is 5.73 Å². The quantitative estimate of drug-likeness (QED) is 0.732. The zero-order valence-corrected chi connectivity index (χ0v) is 11.0. The third kappa shape index (κ3) is 3.32. The van der Waals surface area contributed by atoms with Gasteiger partial charge >= 0.3 is 0 Å². The number of thiazole rings is 1. The van der Waals surface area contributed by atoms with Crippen molar-refractivity contribution in [3.63, 3.8) is 0 Å². The van der Waals surface area contributed by atoms with Crippen molar-refractivity contribution in [1.82, 2.24) is 4.98 Å². The minimum absolute atomic E-state index is 0.0313. The number of hydrogen-bond donors (Lipinski definition) is 3. The number of nitrogens with two attached hydrogens (primary N) is 1. The number of amides is 1. The van der Waals surface area contributed by atoms with Gasteiger partial charge in [0.1, 0.15) is 11.6 Å². The first-order valence-electron chi connectivity index (χ1n) is 5.55. The Morgan fingerprint density at radius 2 is 2.35 bits per heavy atom. The van der Waals surface area contributed by atoms with E-state index in [9.17, 15) is 14.3 Å². The topological polar surface area (TPSA) is 88.2 Å². The summed E-state index contributed by atoms with van der Waals surface area (Å²) < 4.78 is 12.8. The predicted octanol–water partition coefficient (Wildman–Crippen LogP) is 1.55. The zero-order chi connectivity index (χ0) is 14.5. The van der Waals surface area contributed by atoms with Gasteiger partial charge in [-0.05, 0) is 12.1 Å². The molecule has 7 heteroatoms. The Hall–Kier alpha value is -2.43. The van der Waals surface area contributed by atoms with Crippen LogP contribution in [0.1, 0.15) is 15.2 Å². The lowest BCUT2D eigenvalue weighted by atomic mass is 10.2. The van der Waals surface area contributed by atoms with Gasteiger partial charge in [0.2, 0.25) is 0 Å². The summed E-state index contributed by atoms with van der Waals surface area (Å²) in [5.74, 6) is 3.84. The van der Waals surface area contributed by atoms with Gasteiger partial charge < -0.3 is 10.8 Å². The first-order chi connectivity index (χ1) is 9.60. The van der Waals surface area contributed by atoms with Crippen LogP contribution in [-0.4, -0.2) is 22.5 Å². The van der Waals surface area contributed by atoms with Crippen molar-refractivity contribution in [1.29, 1.82) is 0 Å². The Morgan fingerprint density at radius 3 is 3.05 bits per heavy atom. The van der Waals surface area contributed by atoms with Crippen molar-refractivity contribution in [3.8, 4) is 17.6 Å². The molecule has 0 aliphatic heterocycles. The molecule has 0 saturated heterocycles. The van der Waals surface area contributed by atoms with E-state index in [-0.39, 0.29) is 12.1 Å². The van der Waals surface area contributed by atoms with Gasteiger partial charge in [-0.3, -0.25) is 10.1 Å². The molecule has 0 radical (unpaired) electrons. The number of rotatable bonds is 2. The Bertz CT molecular complexity index is 703. The number of anilines is 1. The zero-order valence-electron chi connectivity index (χ0n) is 10.2. The van der Waals surface area contributed by atoms with Crippen LogP contribution in [-0.2, 0) is 0 Å². The van der Waals surface area contributed by atoms with Crippen LogP contribution in [0.2, 0.25) is 0 Å². The SMILES string of the molecule is NCC#Cc1cnc(NC(=O)c2ccc(F)cc2O)s1. The average Bonchev–Trinajstić information content (AvgIpc) is 2.83. The van der Waals surface area contributed by atoms with Crippen LogP contribution in [0.3, 0.4) is 0 Å². The molecule has 0 unspecified atom stereocenters. The van der Waals surface area contributed by atoms with Gasteiger partial charge in [-0.15, -0.1) is 0 Å². The number of phenolic OH excluding ortho intramolecular Hbond substituents is 1. The monoisotopic (exact) mass is 291 g/mol. The first kappa shape index (κ1) is 14.0. The Kier molecular flexibility index (Phi) is 4.30. The second-order valence-electron chi connectivity index (χ2n) is 3.65. The molecule has 0 bridgehead atoms. The summed E-state index contributed by atoms with van der Waals surface area (Å²) in [6, 6.07) is 3.16. The summed E-state index contributed by atoms with van der Waals surface area (Å²) in [5, 5.41) is 12.3. The normalized spacial score (nSPS) is 9.70. The van der Waals surface area contributed by atoms with Gasteiger partial charge in [-0.1, -0.05) is 23.2 Å². The molecule has 2 rings (SSSR count). The minimum Gasteiger partial charge on any atom is -0.507 e. The van der Waals surface area contributed by atoms with Crippen LogP contribution < -0.4 is 11.1 Å². The van der Waals surface area contributed by atoms with E-state index in [1.165, 1.54) is 23.6 Å². The van der Waals surface area contributed by atoms with E-state index in [2.05, 4.69) is 22.1 Å². The molecule has 0 spiro atoms. The highest BCUT2D eigenvalue weighted by Crippen LogP contribution is 2.22. The minimum atomic E-state index is -0.618. The van der Waals surface area contributed by atoms with Crippen molar-refractivity contribution in [2.45, 2.75) is 0 Å². The van der Waals surface area contributed by atoms with E-state index in [1.54, 1.807) is 0 Å². The van der Waals surface area contributed by atoms with Crippen molar-refractivity contribution < 1.29 is 14.3 Å². The molecule has 0 saturated carbocycles. The molecule has 1 amide bonds. The maximum Gasteiger partial charge on any atom is 0.261 e. The lowest BCUT2D eigenvalue weighted by Crippen LogP contribution is -2.11. The first-order valence-corrected chi connectivity index (χ1v) is 6.36. The number of carbonyl (C=O) groups is 1. The second-order valence-corrected chi connectivity index (χ2v) is 4.68. The summed E-state index contributed by atoms with van der Waals surface area (Å²) in [6.45, 7) is 0.239. The Morgan fingerprint density at radius 1 is 1.55 bits per heavy atom. The van der Waals surface area contributed by atoms with E-state index in [0.29, 0.717) is 10.0 Å². The van der Waals surface area contributed by atoms with E-state index in [0.717, 1.165) is 12.1 Å². The van der Waals surface area contributed by atoms with Crippen molar-refractivity contribution in [3.05, 3.63) is 40.7 Å². The van der Waals surface area contributed by atoms with E-state index >= 15 is 0 Å². The number of benzene rings is 1. The van der Waals surface area contributed by atoms with Crippen molar-refractivity contribution in [2.24, 2.45) is 5.73 Å². The number of carbonyl (C=O) groups excluding carboxylic acids is 1. The predicted molar refractivity (Wildman–Crippen MR) is 74.1 cm³/mol. The number of aromatic hydroxyl groups is 1. The lowest BCUT2D eigenvalue weighted by Gasteiger charge is -2.03. The maximum absolute atomic E-state index is 12.8. The highest BCUT2D eigenvalue weighted by molar-refractivity contribution is 7.16. The molecule has 1 aromatic heterocycles. The lowest BCUT2D eigenvalue weighted by molar-refractivity contribution is 0.102. The molecule has 4 N–H and O–H groups in total. The van der Waals surface area contributed by atoms with Crippen LogP contribution in [0.25, 0.3) is 0 Å². The number of nitrogens with one attached hydrogen (secondary N) is 1. The maximum atomic E-state index is 12.8. The van der Waals surface area contributed by atoms with E-state index < -0.39 is 17.5 Å². The summed E-state index contributed by atoms with van der Waals surface area (Å²) >= 11 is 1.18. The standard InChI is InChI=1S/C13H10FN3O2S/c14-8-3-4-10(11(18)6-8)12(19)17-13-16-7-9(20-13)2-1-5-15/h3-4,6-7,18H,5,15H2,(H,16,17,19). The second kappa shape index (κ2) is 6.14. The number of hydrogen-bond acceptors (Lipinski definition) is 5. The third-order valence-corrected chi connectivity index (χ3v) is 3.07. The molecule has 1 heterocycles. The fourth-order valence-electron chi connectivity index (χ4n) is 1.39. The molecule has 20 heavy (non-hydrogen) atoms. The van der Waals surface area contributed by atoms with Crippen molar-refractivity contribution in [2.75, 3.05) is 11.9 Å². The summed E-state index contributed by atoms with van der Waals surface area (Å²) in [4.78, 5) is 16.5. The molecule has 0 fully saturated rings. The van der Waals surface area contributed by atoms with Gasteiger partial charge in [-0.25, -0.2) is 9.37 Å². The fraction of sp³-hybridized carbons (Fsp3) is 0.0769. The molecular formula is C13H10FN3O2S. The molecular weight excluding hydrogens is 281 g/mol. The fourth-order valence-corrected chi connectivity index (χ4v) is 2.08. The molecule has 0 aliphatic carbocycles. The van der Waals surface area contributed by atoms with Crippen LogP contribution >= 0.6 is 11.3 Å². The highest BCUT2D eigenvalue weighted by atomic mass is 32.1. The van der Waals surface area contributed by atoms with Gasteiger partial charge in [-0.2, -0.15) is 0 Å². The van der Waals surface area contributed by atoms with E-state index in [1.807, 2.05) is 0 Å². The molecule has 2 aromatic rings. The number of halogens is 1. The summed E-state index contributed by atoms with van der Waals surface area (Å²) in [5.41, 5.74) is 5.22. The molecule has 5 nitrogen and oxygen atoms in total. The molecule has 0 atom stereocenters. The van der Waals surface area contributed by atoms with Crippen LogP contribution in [0.4, 0.5) is 9.52 Å². The van der Waals surface area contributed by atoms with Crippen LogP contribution in [0, 0.1) is 17.7 Å². The Labute approximate surface area is 118 Å². The van der Waals surface area contributed by atoms with Crippen molar-refractivity contribution >= 4 is 22.4 Å². The van der Waals surface area contributed by atoms with Gasteiger partial charge in [0, 0.05) is 6.07 Å². The average molecular weight is 291 g/mol. The van der Waals surface area contributed by atoms with Crippen LogP contribution in [0.15, 0.2) is 24.4 Å². The largest absolute Gasteiger partial charge is 0.507 e. The van der Waals surface area contributed by atoms with Gasteiger partial charge in [0.25, 0.3) is 5.91 Å². The molecule has 1 aromatic carbocycles. The number of aromatic nitrogens is 1. The Balaban J connectivity index is 2.13.